The van der Waals surface area contributed by atoms with Crippen LogP contribution in [-0.2, 0) is 0 Å². The number of nitrogens with two attached hydrogens (primary N) is 1. The number of halogens is 1. The van der Waals surface area contributed by atoms with Crippen LogP contribution >= 0.6 is 11.6 Å². The zero-order valence-electron chi connectivity index (χ0n) is 11.3. The molecule has 4 nitrogen and oxygen atoms in total. The summed E-state index contributed by atoms with van der Waals surface area (Å²) in [5.74, 6) is 1.85. The van der Waals surface area contributed by atoms with Gasteiger partial charge in [0.2, 0.25) is 0 Å². The molecule has 21 heavy (non-hydrogen) atoms. The summed E-state index contributed by atoms with van der Waals surface area (Å²) >= 11 is 5.98. The van der Waals surface area contributed by atoms with Crippen LogP contribution in [-0.4, -0.2) is 12.1 Å². The highest BCUT2D eigenvalue weighted by Gasteiger charge is 2.09. The van der Waals surface area contributed by atoms with E-state index in [1.54, 1.807) is 49.7 Å². The van der Waals surface area contributed by atoms with Gasteiger partial charge in [-0.2, -0.15) is 0 Å². The normalized spacial score (nSPS) is 10.6. The summed E-state index contributed by atoms with van der Waals surface area (Å²) in [6.07, 6.45) is 1.68. The van der Waals surface area contributed by atoms with Crippen LogP contribution in [0.5, 0.6) is 17.2 Å². The Morgan fingerprint density at radius 3 is 2.67 bits per heavy atom. The van der Waals surface area contributed by atoms with E-state index < -0.39 is 0 Å². The van der Waals surface area contributed by atoms with Gasteiger partial charge in [-0.1, -0.05) is 11.6 Å². The summed E-state index contributed by atoms with van der Waals surface area (Å²) in [5, 5.41) is 1.51. The molecule has 0 saturated heterocycles. The number of hydrogen-bond acceptors (Lipinski definition) is 4. The van der Waals surface area contributed by atoms with E-state index in [9.17, 15) is 0 Å². The van der Waals surface area contributed by atoms with E-state index in [0.29, 0.717) is 28.0 Å². The molecular weight excluding hydrogens is 288 g/mol. The summed E-state index contributed by atoms with van der Waals surface area (Å²) < 4.78 is 11.2. The molecule has 0 fully saturated rings. The van der Waals surface area contributed by atoms with Crippen molar-refractivity contribution in [2.45, 2.75) is 0 Å². The Morgan fingerprint density at radius 1 is 1.00 bits per heavy atom. The summed E-state index contributed by atoms with van der Waals surface area (Å²) in [5.41, 5.74) is 7.13. The average molecular weight is 301 g/mol. The molecule has 0 bridgehead atoms. The van der Waals surface area contributed by atoms with Crippen molar-refractivity contribution in [3.05, 3.63) is 53.7 Å². The maximum Gasteiger partial charge on any atom is 0.169 e. The lowest BCUT2D eigenvalue weighted by Gasteiger charge is -2.12. The van der Waals surface area contributed by atoms with Gasteiger partial charge in [-0.3, -0.25) is 4.98 Å². The predicted octanol–water partition coefficient (Wildman–Crippen LogP) is 4.27. The molecule has 3 aromatic rings. The number of rotatable bonds is 3. The Morgan fingerprint density at radius 2 is 1.86 bits per heavy atom. The lowest BCUT2D eigenvalue weighted by atomic mass is 10.2. The Balaban J connectivity index is 2.06. The van der Waals surface area contributed by atoms with Gasteiger partial charge in [0.05, 0.1) is 12.6 Å². The average Bonchev–Trinajstić information content (AvgIpc) is 2.49. The number of anilines is 1. The molecule has 106 valence electrons. The highest BCUT2D eigenvalue weighted by Crippen LogP contribution is 2.36. The molecule has 0 spiro atoms. The van der Waals surface area contributed by atoms with Gasteiger partial charge in [-0.05, 0) is 36.4 Å². The van der Waals surface area contributed by atoms with Crippen LogP contribution in [0.2, 0.25) is 5.02 Å². The zero-order chi connectivity index (χ0) is 14.8. The summed E-state index contributed by atoms with van der Waals surface area (Å²) in [7, 11) is 1.58. The quantitative estimate of drug-likeness (QED) is 0.734. The van der Waals surface area contributed by atoms with Crippen molar-refractivity contribution >= 4 is 28.2 Å². The first-order chi connectivity index (χ1) is 10.2. The molecule has 2 N–H and O–H groups in total. The Hall–Kier alpha value is -2.46. The van der Waals surface area contributed by atoms with Crippen molar-refractivity contribution in [3.8, 4) is 17.2 Å². The Labute approximate surface area is 127 Å². The Bertz CT molecular complexity index is 805. The maximum absolute atomic E-state index is 5.98. The van der Waals surface area contributed by atoms with E-state index in [-0.39, 0.29) is 0 Å². The molecule has 1 heterocycles. The predicted molar refractivity (Wildman–Crippen MR) is 84.2 cm³/mol. The lowest BCUT2D eigenvalue weighted by molar-refractivity contribution is 0.380. The summed E-state index contributed by atoms with van der Waals surface area (Å²) in [6, 6.07) is 12.5. The van der Waals surface area contributed by atoms with Gasteiger partial charge in [0.25, 0.3) is 0 Å². The number of hydrogen-bond donors (Lipinski definition) is 1. The van der Waals surface area contributed by atoms with Crippen LogP contribution in [0.15, 0.2) is 48.7 Å². The standard InChI is InChI=1S/C16H13ClN2O2/c1-20-16-9-11(18)3-5-15(16)21-14-6-7-19-13-8-10(17)2-4-12(13)14/h2-9H,18H2,1H3. The van der Waals surface area contributed by atoms with Gasteiger partial charge >= 0.3 is 0 Å². The number of pyridine rings is 1. The molecule has 0 aliphatic heterocycles. The minimum absolute atomic E-state index is 0.578. The molecule has 0 unspecified atom stereocenters. The third-order valence-corrected chi connectivity index (χ3v) is 3.31. The molecule has 5 heteroatoms. The van der Waals surface area contributed by atoms with Crippen LogP contribution in [0, 0.1) is 0 Å². The number of nitrogens with zero attached hydrogens (tertiary/aromatic N) is 1. The smallest absolute Gasteiger partial charge is 0.169 e. The number of aromatic nitrogens is 1. The zero-order valence-corrected chi connectivity index (χ0v) is 12.1. The lowest BCUT2D eigenvalue weighted by Crippen LogP contribution is -1.93. The molecule has 1 aromatic heterocycles. The first kappa shape index (κ1) is 13.5. The van der Waals surface area contributed by atoms with E-state index >= 15 is 0 Å². The highest BCUT2D eigenvalue weighted by molar-refractivity contribution is 6.31. The molecule has 2 aromatic carbocycles. The number of benzene rings is 2. The van der Waals surface area contributed by atoms with Gasteiger partial charge in [0.15, 0.2) is 11.5 Å². The molecular formula is C16H13ClN2O2. The fourth-order valence-electron chi connectivity index (χ4n) is 2.07. The third kappa shape index (κ3) is 2.71. The largest absolute Gasteiger partial charge is 0.493 e. The van der Waals surface area contributed by atoms with Gasteiger partial charge in [0, 0.05) is 28.4 Å². The van der Waals surface area contributed by atoms with E-state index in [0.717, 1.165) is 10.9 Å². The van der Waals surface area contributed by atoms with Crippen LogP contribution in [0.4, 0.5) is 5.69 Å². The molecule has 0 aliphatic rings. The van der Waals surface area contributed by atoms with Crippen molar-refractivity contribution in [1.29, 1.82) is 0 Å². The number of methoxy groups -OCH3 is 1. The summed E-state index contributed by atoms with van der Waals surface area (Å²) in [4.78, 5) is 4.29. The first-order valence-corrected chi connectivity index (χ1v) is 6.71. The van der Waals surface area contributed by atoms with Gasteiger partial charge < -0.3 is 15.2 Å². The van der Waals surface area contributed by atoms with Crippen LogP contribution in [0.3, 0.4) is 0 Å². The molecule has 0 saturated carbocycles. The molecule has 0 aliphatic carbocycles. The van der Waals surface area contributed by atoms with Gasteiger partial charge in [0.1, 0.15) is 5.75 Å². The second-order valence-electron chi connectivity index (χ2n) is 4.48. The molecule has 0 radical (unpaired) electrons. The van der Waals surface area contributed by atoms with Crippen molar-refractivity contribution in [1.82, 2.24) is 4.98 Å². The van der Waals surface area contributed by atoms with Crippen molar-refractivity contribution < 1.29 is 9.47 Å². The van der Waals surface area contributed by atoms with Crippen molar-refractivity contribution in [2.24, 2.45) is 0 Å². The van der Waals surface area contributed by atoms with Crippen LogP contribution < -0.4 is 15.2 Å². The SMILES string of the molecule is COc1cc(N)ccc1Oc1ccnc2cc(Cl)ccc12. The fourth-order valence-corrected chi connectivity index (χ4v) is 2.24. The van der Waals surface area contributed by atoms with Crippen molar-refractivity contribution in [2.75, 3.05) is 12.8 Å². The minimum Gasteiger partial charge on any atom is -0.493 e. The summed E-state index contributed by atoms with van der Waals surface area (Å²) in [6.45, 7) is 0. The second-order valence-corrected chi connectivity index (χ2v) is 4.92. The molecule has 3 rings (SSSR count). The number of ether oxygens (including phenoxy) is 2. The Kier molecular flexibility index (Phi) is 3.54. The molecule has 0 atom stereocenters. The van der Waals surface area contributed by atoms with E-state index in [2.05, 4.69) is 4.98 Å². The van der Waals surface area contributed by atoms with Crippen LogP contribution in [0.25, 0.3) is 10.9 Å². The first-order valence-electron chi connectivity index (χ1n) is 6.33. The third-order valence-electron chi connectivity index (χ3n) is 3.07. The topological polar surface area (TPSA) is 57.4 Å². The van der Waals surface area contributed by atoms with Crippen LogP contribution in [0.1, 0.15) is 0 Å². The highest BCUT2D eigenvalue weighted by atomic mass is 35.5. The van der Waals surface area contributed by atoms with Crippen molar-refractivity contribution in [3.63, 3.8) is 0 Å². The van der Waals surface area contributed by atoms with E-state index in [4.69, 9.17) is 26.8 Å². The number of nitrogen functional groups attached to an aromatic ring is 1. The fraction of sp³-hybridized carbons (Fsp3) is 0.0625. The van der Waals surface area contributed by atoms with E-state index in [1.807, 2.05) is 6.07 Å². The van der Waals surface area contributed by atoms with Gasteiger partial charge in [-0.15, -0.1) is 0 Å². The maximum atomic E-state index is 5.98. The minimum atomic E-state index is 0.578. The van der Waals surface area contributed by atoms with E-state index in [1.165, 1.54) is 0 Å². The molecule has 0 amide bonds. The number of fused-ring (bicyclic) bond motifs is 1. The second kappa shape index (κ2) is 5.50. The van der Waals surface area contributed by atoms with Gasteiger partial charge in [-0.25, -0.2) is 0 Å². The monoisotopic (exact) mass is 300 g/mol.